The van der Waals surface area contributed by atoms with Crippen LogP contribution < -0.4 is 4.90 Å². The number of hydrogen-bond donors (Lipinski definition) is 0. The van der Waals surface area contributed by atoms with Gasteiger partial charge in [0.2, 0.25) is 0 Å². The zero-order valence-electron chi connectivity index (χ0n) is 9.08. The number of rotatable bonds is 3. The molecule has 0 saturated carbocycles. The summed E-state index contributed by atoms with van der Waals surface area (Å²) >= 11 is 3.50. The van der Waals surface area contributed by atoms with Gasteiger partial charge < -0.3 is 4.90 Å². The molecule has 0 atom stereocenters. The van der Waals surface area contributed by atoms with Crippen molar-refractivity contribution in [1.82, 2.24) is 9.97 Å². The summed E-state index contributed by atoms with van der Waals surface area (Å²) in [4.78, 5) is 10.6. The lowest BCUT2D eigenvalue weighted by Crippen LogP contribution is -2.43. The van der Waals surface area contributed by atoms with Crippen molar-refractivity contribution >= 4 is 21.7 Å². The molecule has 0 unspecified atom stereocenters. The van der Waals surface area contributed by atoms with Gasteiger partial charge in [-0.25, -0.2) is 9.97 Å². The Morgan fingerprint density at radius 1 is 1.50 bits per heavy atom. The van der Waals surface area contributed by atoms with Crippen LogP contribution in [0, 0.1) is 6.92 Å². The summed E-state index contributed by atoms with van der Waals surface area (Å²) in [5.41, 5.74) is 0.0563. The number of aryl methyl sites for hydroxylation is 1. The zero-order valence-corrected chi connectivity index (χ0v) is 10.7. The molecule has 0 amide bonds. The minimum absolute atomic E-state index is 0.0563. The summed E-state index contributed by atoms with van der Waals surface area (Å²) in [6.45, 7) is 6.23. The van der Waals surface area contributed by atoms with Crippen molar-refractivity contribution < 1.29 is 0 Å². The Labute approximate surface area is 93.7 Å². The van der Waals surface area contributed by atoms with Gasteiger partial charge in [-0.15, -0.1) is 0 Å². The number of anilines is 1. The van der Waals surface area contributed by atoms with E-state index in [2.05, 4.69) is 44.6 Å². The molecule has 0 fully saturated rings. The molecule has 0 aromatic carbocycles. The number of halogens is 1. The third-order valence-corrected chi connectivity index (χ3v) is 3.71. The molecule has 0 aliphatic rings. The molecule has 0 saturated heterocycles. The number of hydrogen-bond acceptors (Lipinski definition) is 3. The number of alkyl halides is 1. The zero-order chi connectivity index (χ0) is 10.8. The highest BCUT2D eigenvalue weighted by molar-refractivity contribution is 9.09. The molecule has 0 aliphatic carbocycles. The monoisotopic (exact) mass is 257 g/mol. The van der Waals surface area contributed by atoms with E-state index in [9.17, 15) is 0 Å². The lowest BCUT2D eigenvalue weighted by molar-refractivity contribution is 0.546. The highest BCUT2D eigenvalue weighted by atomic mass is 79.9. The molecular weight excluding hydrogens is 242 g/mol. The maximum Gasteiger partial charge on any atom is 0.132 e. The summed E-state index contributed by atoms with van der Waals surface area (Å²) in [5, 5.41) is 0.902. The Hall–Kier alpha value is -0.640. The van der Waals surface area contributed by atoms with E-state index in [-0.39, 0.29) is 5.54 Å². The van der Waals surface area contributed by atoms with E-state index in [0.717, 1.165) is 17.0 Å². The van der Waals surface area contributed by atoms with Gasteiger partial charge in [0.15, 0.2) is 0 Å². The van der Waals surface area contributed by atoms with Crippen molar-refractivity contribution in [3.05, 3.63) is 18.1 Å². The molecular formula is C10H16BrN3. The first kappa shape index (κ1) is 11.4. The standard InChI is InChI=1S/C10H16BrN3/c1-8-12-6-5-9(13-8)14(4)10(2,3)7-11/h5-6H,7H2,1-4H3. The van der Waals surface area contributed by atoms with Crippen molar-refractivity contribution in [2.45, 2.75) is 26.3 Å². The summed E-state index contributed by atoms with van der Waals surface area (Å²) in [6.07, 6.45) is 1.79. The van der Waals surface area contributed by atoms with E-state index in [0.29, 0.717) is 0 Å². The molecule has 78 valence electrons. The molecule has 1 aromatic heterocycles. The van der Waals surface area contributed by atoms with Gasteiger partial charge in [0.05, 0.1) is 0 Å². The molecule has 3 nitrogen and oxygen atoms in total. The number of nitrogens with zero attached hydrogens (tertiary/aromatic N) is 3. The van der Waals surface area contributed by atoms with E-state index in [4.69, 9.17) is 0 Å². The second-order valence-electron chi connectivity index (χ2n) is 3.97. The van der Waals surface area contributed by atoms with Crippen LogP contribution in [0.15, 0.2) is 12.3 Å². The van der Waals surface area contributed by atoms with Crippen LogP contribution in [0.3, 0.4) is 0 Å². The largest absolute Gasteiger partial charge is 0.354 e. The van der Waals surface area contributed by atoms with Crippen molar-refractivity contribution in [2.75, 3.05) is 17.3 Å². The van der Waals surface area contributed by atoms with Crippen molar-refractivity contribution in [3.8, 4) is 0 Å². The van der Waals surface area contributed by atoms with Crippen molar-refractivity contribution in [1.29, 1.82) is 0 Å². The van der Waals surface area contributed by atoms with Gasteiger partial charge in [-0.3, -0.25) is 0 Å². The van der Waals surface area contributed by atoms with Crippen LogP contribution >= 0.6 is 15.9 Å². The maximum atomic E-state index is 4.38. The fraction of sp³-hybridized carbons (Fsp3) is 0.600. The fourth-order valence-electron chi connectivity index (χ4n) is 1.03. The van der Waals surface area contributed by atoms with Gasteiger partial charge in [-0.05, 0) is 26.8 Å². The Morgan fingerprint density at radius 3 is 2.64 bits per heavy atom. The lowest BCUT2D eigenvalue weighted by Gasteiger charge is -2.35. The summed E-state index contributed by atoms with van der Waals surface area (Å²) in [6, 6.07) is 1.93. The maximum absolute atomic E-state index is 4.38. The summed E-state index contributed by atoms with van der Waals surface area (Å²) < 4.78 is 0. The topological polar surface area (TPSA) is 29.0 Å². The lowest BCUT2D eigenvalue weighted by atomic mass is 10.1. The van der Waals surface area contributed by atoms with Crippen LogP contribution in [0.1, 0.15) is 19.7 Å². The molecule has 1 rings (SSSR count). The average molecular weight is 258 g/mol. The molecule has 0 aliphatic heterocycles. The smallest absolute Gasteiger partial charge is 0.132 e. The van der Waals surface area contributed by atoms with Crippen LogP contribution in [0.25, 0.3) is 0 Å². The number of aromatic nitrogens is 2. The third-order valence-electron chi connectivity index (χ3n) is 2.34. The molecule has 0 radical (unpaired) electrons. The highest BCUT2D eigenvalue weighted by Gasteiger charge is 2.23. The minimum Gasteiger partial charge on any atom is -0.354 e. The minimum atomic E-state index is 0.0563. The van der Waals surface area contributed by atoms with Gasteiger partial charge in [0.1, 0.15) is 11.6 Å². The van der Waals surface area contributed by atoms with Crippen LogP contribution in [0.2, 0.25) is 0 Å². The van der Waals surface area contributed by atoms with E-state index >= 15 is 0 Å². The molecule has 1 aromatic rings. The average Bonchev–Trinajstić information content (AvgIpc) is 2.16. The first-order valence-corrected chi connectivity index (χ1v) is 5.69. The van der Waals surface area contributed by atoms with E-state index < -0.39 is 0 Å². The molecule has 0 bridgehead atoms. The van der Waals surface area contributed by atoms with Crippen molar-refractivity contribution in [3.63, 3.8) is 0 Å². The molecule has 0 spiro atoms. The van der Waals surface area contributed by atoms with Gasteiger partial charge in [-0.2, -0.15) is 0 Å². The first-order valence-electron chi connectivity index (χ1n) is 4.57. The van der Waals surface area contributed by atoms with Gasteiger partial charge in [-0.1, -0.05) is 15.9 Å². The summed E-state index contributed by atoms with van der Waals surface area (Å²) in [5.74, 6) is 1.77. The van der Waals surface area contributed by atoms with E-state index in [1.807, 2.05) is 20.0 Å². The van der Waals surface area contributed by atoms with Crippen LogP contribution in [-0.4, -0.2) is 27.9 Å². The van der Waals surface area contributed by atoms with Gasteiger partial charge >= 0.3 is 0 Å². The van der Waals surface area contributed by atoms with Crippen LogP contribution in [0.5, 0.6) is 0 Å². The fourth-order valence-corrected chi connectivity index (χ4v) is 1.41. The Bertz CT molecular complexity index is 312. The first-order chi connectivity index (χ1) is 6.47. The second-order valence-corrected chi connectivity index (χ2v) is 4.53. The molecule has 1 heterocycles. The second kappa shape index (κ2) is 4.26. The van der Waals surface area contributed by atoms with E-state index in [1.165, 1.54) is 0 Å². The quantitative estimate of drug-likeness (QED) is 0.779. The Morgan fingerprint density at radius 2 is 2.14 bits per heavy atom. The third kappa shape index (κ3) is 2.44. The normalized spacial score (nSPS) is 11.5. The predicted molar refractivity (Wildman–Crippen MR) is 63.0 cm³/mol. The van der Waals surface area contributed by atoms with Crippen LogP contribution in [-0.2, 0) is 0 Å². The van der Waals surface area contributed by atoms with E-state index in [1.54, 1.807) is 6.20 Å². The van der Waals surface area contributed by atoms with Crippen LogP contribution in [0.4, 0.5) is 5.82 Å². The summed E-state index contributed by atoms with van der Waals surface area (Å²) in [7, 11) is 2.04. The predicted octanol–water partition coefficient (Wildman–Crippen LogP) is 2.39. The Balaban J connectivity index is 2.94. The molecule has 14 heavy (non-hydrogen) atoms. The van der Waals surface area contributed by atoms with Gasteiger partial charge in [0, 0.05) is 24.1 Å². The SMILES string of the molecule is Cc1nccc(N(C)C(C)(C)CBr)n1. The molecule has 4 heteroatoms. The van der Waals surface area contributed by atoms with Crippen molar-refractivity contribution in [2.24, 2.45) is 0 Å². The highest BCUT2D eigenvalue weighted by Crippen LogP contribution is 2.21. The van der Waals surface area contributed by atoms with Gasteiger partial charge in [0.25, 0.3) is 0 Å². The molecule has 0 N–H and O–H groups in total. The Kier molecular flexibility index (Phi) is 3.48.